The Morgan fingerprint density at radius 3 is 2.47 bits per heavy atom. The van der Waals surface area contributed by atoms with Gasteiger partial charge in [-0.05, 0) is 42.7 Å². The number of nitrogens with zero attached hydrogens (tertiary/aromatic N) is 3. The lowest BCUT2D eigenvalue weighted by Gasteiger charge is -2.29. The predicted molar refractivity (Wildman–Crippen MR) is 122 cm³/mol. The number of ether oxygens (including phenoxy) is 1. The Morgan fingerprint density at radius 2 is 1.75 bits per heavy atom. The highest BCUT2D eigenvalue weighted by atomic mass is 16.5. The van der Waals surface area contributed by atoms with Gasteiger partial charge in [-0.2, -0.15) is 0 Å². The first-order chi connectivity index (χ1) is 15.7. The zero-order chi connectivity index (χ0) is 21.9. The number of amides is 1. The van der Waals surface area contributed by atoms with Crippen molar-refractivity contribution in [2.45, 2.75) is 25.4 Å². The third-order valence-corrected chi connectivity index (χ3v) is 5.93. The van der Waals surface area contributed by atoms with Crippen LogP contribution in [0.25, 0.3) is 22.6 Å². The van der Waals surface area contributed by atoms with Gasteiger partial charge in [0.15, 0.2) is 5.65 Å². The summed E-state index contributed by atoms with van der Waals surface area (Å²) < 4.78 is 5.81. The van der Waals surface area contributed by atoms with E-state index in [1.165, 1.54) is 4.90 Å². The van der Waals surface area contributed by atoms with Gasteiger partial charge in [0.1, 0.15) is 18.2 Å². The fourth-order valence-corrected chi connectivity index (χ4v) is 4.08. The molecule has 1 saturated heterocycles. The first-order valence-electron chi connectivity index (χ1n) is 10.8. The lowest BCUT2D eigenvalue weighted by molar-refractivity contribution is 0.132. The van der Waals surface area contributed by atoms with E-state index in [2.05, 4.69) is 4.98 Å². The second kappa shape index (κ2) is 8.70. The summed E-state index contributed by atoms with van der Waals surface area (Å²) in [6.07, 6.45) is 0.727. The van der Waals surface area contributed by atoms with Crippen molar-refractivity contribution < 1.29 is 14.6 Å². The maximum Gasteiger partial charge on any atom is 0.407 e. The topological polar surface area (TPSA) is 91.3 Å². The summed E-state index contributed by atoms with van der Waals surface area (Å²) in [4.78, 5) is 25.4. The number of hydrogen-bond donors (Lipinski definition) is 2. The Kier molecular flexibility index (Phi) is 5.46. The van der Waals surface area contributed by atoms with Crippen molar-refractivity contribution in [3.8, 4) is 17.1 Å². The first-order valence-corrected chi connectivity index (χ1v) is 10.8. The van der Waals surface area contributed by atoms with E-state index in [0.717, 1.165) is 46.8 Å². The number of aromatic amines is 1. The highest BCUT2D eigenvalue weighted by Crippen LogP contribution is 2.28. The number of benzene rings is 2. The van der Waals surface area contributed by atoms with Gasteiger partial charge in [-0.1, -0.05) is 42.5 Å². The molecule has 0 bridgehead atoms. The molecular formula is C25H24N4O3. The molecule has 5 rings (SSSR count). The van der Waals surface area contributed by atoms with Crippen LogP contribution >= 0.6 is 0 Å². The molecule has 32 heavy (non-hydrogen) atoms. The number of fused-ring (bicyclic) bond motifs is 1. The van der Waals surface area contributed by atoms with E-state index < -0.39 is 6.09 Å². The molecule has 7 heteroatoms. The first kappa shape index (κ1) is 20.1. The van der Waals surface area contributed by atoms with Gasteiger partial charge in [-0.3, -0.25) is 0 Å². The molecule has 2 aromatic heterocycles. The molecule has 0 unspecified atom stereocenters. The maximum atomic E-state index is 11.1. The third kappa shape index (κ3) is 4.27. The van der Waals surface area contributed by atoms with Gasteiger partial charge in [0.2, 0.25) is 0 Å². The van der Waals surface area contributed by atoms with Crippen LogP contribution in [0.2, 0.25) is 0 Å². The number of carboxylic acid groups (broad SMARTS) is 1. The number of para-hydroxylation sites is 1. The van der Waals surface area contributed by atoms with Gasteiger partial charge < -0.3 is 19.7 Å². The van der Waals surface area contributed by atoms with Crippen LogP contribution < -0.4 is 4.74 Å². The van der Waals surface area contributed by atoms with E-state index in [0.29, 0.717) is 25.3 Å². The fourth-order valence-electron chi connectivity index (χ4n) is 4.08. The molecule has 0 saturated carbocycles. The molecule has 1 aliphatic rings. The van der Waals surface area contributed by atoms with Crippen LogP contribution in [0.5, 0.6) is 5.75 Å². The van der Waals surface area contributed by atoms with Crippen LogP contribution in [-0.4, -0.2) is 44.1 Å². The Hall–Kier alpha value is -3.87. The average molecular weight is 428 g/mol. The number of likely N-dealkylation sites (tertiary alicyclic amines) is 1. The van der Waals surface area contributed by atoms with Crippen molar-refractivity contribution in [1.29, 1.82) is 0 Å². The van der Waals surface area contributed by atoms with Gasteiger partial charge in [-0.15, -0.1) is 0 Å². The molecule has 1 amide bonds. The second-order valence-corrected chi connectivity index (χ2v) is 8.04. The molecule has 0 atom stereocenters. The minimum absolute atomic E-state index is 0.263. The Labute approximate surface area is 185 Å². The van der Waals surface area contributed by atoms with Crippen LogP contribution in [-0.2, 0) is 6.61 Å². The van der Waals surface area contributed by atoms with Gasteiger partial charge in [0.05, 0.1) is 5.52 Å². The molecular weight excluding hydrogens is 404 g/mol. The van der Waals surface area contributed by atoms with E-state index >= 15 is 0 Å². The van der Waals surface area contributed by atoms with Crippen molar-refractivity contribution in [1.82, 2.24) is 19.9 Å². The Balaban J connectivity index is 1.28. The number of pyridine rings is 1. The van der Waals surface area contributed by atoms with Gasteiger partial charge >= 0.3 is 6.09 Å². The normalized spacial score (nSPS) is 14.6. The summed E-state index contributed by atoms with van der Waals surface area (Å²) in [6, 6.07) is 22.0. The van der Waals surface area contributed by atoms with Crippen molar-refractivity contribution in [3.63, 3.8) is 0 Å². The molecule has 0 spiro atoms. The van der Waals surface area contributed by atoms with Crippen LogP contribution in [0.15, 0.2) is 66.7 Å². The van der Waals surface area contributed by atoms with Crippen LogP contribution in [0.3, 0.4) is 0 Å². The number of aromatic nitrogens is 3. The molecule has 0 radical (unpaired) electrons. The number of piperidine rings is 1. The summed E-state index contributed by atoms with van der Waals surface area (Å²) in [6.45, 7) is 1.60. The highest BCUT2D eigenvalue weighted by Gasteiger charge is 2.24. The summed E-state index contributed by atoms with van der Waals surface area (Å²) >= 11 is 0. The molecule has 7 nitrogen and oxygen atoms in total. The minimum atomic E-state index is -0.846. The molecule has 4 aromatic rings. The fraction of sp³-hybridized carbons (Fsp3) is 0.240. The molecule has 3 heterocycles. The summed E-state index contributed by atoms with van der Waals surface area (Å²) in [7, 11) is 0. The zero-order valence-electron chi connectivity index (χ0n) is 17.6. The Bertz CT molecular complexity index is 1210. The van der Waals surface area contributed by atoms with Crippen LogP contribution in [0.4, 0.5) is 4.79 Å². The van der Waals surface area contributed by atoms with Crippen molar-refractivity contribution in [2.24, 2.45) is 0 Å². The number of H-pyrrole nitrogens is 1. The SMILES string of the molecule is O=C(O)N1CCC(c2ccc3[nH]c(-c4ccc(COc5ccccc5)cc4)nc3n2)CC1. The molecule has 1 aliphatic heterocycles. The van der Waals surface area contributed by atoms with E-state index in [1.54, 1.807) is 0 Å². The monoisotopic (exact) mass is 428 g/mol. The summed E-state index contributed by atoms with van der Waals surface area (Å²) in [5.41, 5.74) is 4.64. The lowest BCUT2D eigenvalue weighted by atomic mass is 9.93. The molecule has 0 aliphatic carbocycles. The number of nitrogens with one attached hydrogen (secondary N) is 1. The quantitative estimate of drug-likeness (QED) is 0.464. The summed E-state index contributed by atoms with van der Waals surface area (Å²) in [5, 5.41) is 9.14. The minimum Gasteiger partial charge on any atom is -0.489 e. The van der Waals surface area contributed by atoms with Crippen molar-refractivity contribution in [2.75, 3.05) is 13.1 Å². The second-order valence-electron chi connectivity index (χ2n) is 8.04. The number of hydrogen-bond acceptors (Lipinski definition) is 4. The molecule has 2 N–H and O–H groups in total. The van der Waals surface area contributed by atoms with Crippen LogP contribution in [0.1, 0.15) is 30.0 Å². The van der Waals surface area contributed by atoms with E-state index in [-0.39, 0.29) is 5.92 Å². The van der Waals surface area contributed by atoms with Gasteiger partial charge in [-0.25, -0.2) is 14.8 Å². The molecule has 1 fully saturated rings. The lowest BCUT2D eigenvalue weighted by Crippen LogP contribution is -2.36. The van der Waals surface area contributed by atoms with E-state index in [4.69, 9.17) is 19.8 Å². The zero-order valence-corrected chi connectivity index (χ0v) is 17.6. The predicted octanol–water partition coefficient (Wildman–Crippen LogP) is 5.06. The highest BCUT2D eigenvalue weighted by molar-refractivity contribution is 5.76. The molecule has 162 valence electrons. The smallest absolute Gasteiger partial charge is 0.407 e. The number of carbonyl (C=O) groups is 1. The van der Waals surface area contributed by atoms with Gasteiger partial charge in [0, 0.05) is 30.3 Å². The molecule has 2 aromatic carbocycles. The van der Waals surface area contributed by atoms with Crippen LogP contribution in [0, 0.1) is 0 Å². The number of rotatable bonds is 5. The largest absolute Gasteiger partial charge is 0.489 e. The summed E-state index contributed by atoms with van der Waals surface area (Å²) in [5.74, 6) is 1.89. The van der Waals surface area contributed by atoms with Crippen molar-refractivity contribution in [3.05, 3.63) is 78.0 Å². The van der Waals surface area contributed by atoms with Gasteiger partial charge in [0.25, 0.3) is 0 Å². The van der Waals surface area contributed by atoms with E-state index in [9.17, 15) is 4.79 Å². The van der Waals surface area contributed by atoms with Crippen molar-refractivity contribution >= 4 is 17.3 Å². The standard InChI is InChI=1S/C25H24N4O3/c30-25(31)29-14-12-18(13-15-29)21-10-11-22-24(26-21)28-23(27-22)19-8-6-17(7-9-19)16-32-20-4-2-1-3-5-20/h1-11,18H,12-16H2,(H,30,31)(H,26,27,28). The van der Waals surface area contributed by atoms with E-state index in [1.807, 2.05) is 66.7 Å². The average Bonchev–Trinajstić information content (AvgIpc) is 3.27. The Morgan fingerprint density at radius 1 is 1.00 bits per heavy atom. The maximum absolute atomic E-state index is 11.1. The third-order valence-electron chi connectivity index (χ3n) is 5.93. The number of imidazole rings is 1.